The van der Waals surface area contributed by atoms with Crippen LogP contribution in [-0.4, -0.2) is 29.2 Å². The molecular formula is C27H36Cl2N2O3. The van der Waals surface area contributed by atoms with E-state index in [4.69, 9.17) is 33.0 Å². The van der Waals surface area contributed by atoms with Crippen molar-refractivity contribution in [2.45, 2.75) is 70.8 Å². The first kappa shape index (κ1) is 28.2. The van der Waals surface area contributed by atoms with E-state index in [2.05, 4.69) is 23.8 Å². The number of aliphatic carboxylic acids is 1. The number of hydrogen-bond acceptors (Lipinski definition) is 4. The number of aromatic nitrogens is 1. The summed E-state index contributed by atoms with van der Waals surface area (Å²) in [4.78, 5) is 14.6. The first-order valence-electron chi connectivity index (χ1n) is 12.1. The third-order valence-electron chi connectivity index (χ3n) is 5.78. The molecule has 2 N–H and O–H groups in total. The number of fused-ring (bicyclic) bond motifs is 1. The molecule has 0 saturated heterocycles. The van der Waals surface area contributed by atoms with E-state index in [0.717, 1.165) is 24.2 Å². The van der Waals surface area contributed by atoms with Crippen molar-refractivity contribution in [1.82, 2.24) is 10.3 Å². The minimum atomic E-state index is -0.859. The van der Waals surface area contributed by atoms with Gasteiger partial charge < -0.3 is 15.2 Å². The highest BCUT2D eigenvalue weighted by Gasteiger charge is 2.30. The number of carboxylic acid groups (broad SMARTS) is 1. The Kier molecular flexibility index (Phi) is 13.0. The van der Waals surface area contributed by atoms with Crippen LogP contribution in [0.4, 0.5) is 0 Å². The van der Waals surface area contributed by atoms with Gasteiger partial charge in [0, 0.05) is 28.4 Å². The molecule has 1 aromatic heterocycles. The molecule has 0 saturated carbocycles. The number of unbranched alkanes of at least 4 members (excludes halogenated alkanes) is 7. The van der Waals surface area contributed by atoms with Crippen LogP contribution in [0.15, 0.2) is 37.0 Å². The van der Waals surface area contributed by atoms with Gasteiger partial charge in [-0.2, -0.15) is 0 Å². The van der Waals surface area contributed by atoms with Crippen LogP contribution < -0.4 is 10.1 Å². The largest absolute Gasteiger partial charge is 0.481 e. The van der Waals surface area contributed by atoms with Gasteiger partial charge in [-0.3, -0.25) is 4.79 Å². The standard InChI is InChI=1S/C19H29Cl2N.C8H7NO3/c1-3-5-6-7-8-9-10-11-12-22-15-18-16(4-2)13-17(20)14-19(18)21;10-8(11)6-4-12-7-5(6)2-1-3-9-7/h4,13-14,22H,2-3,5-12,15H2,1H3;1-3,6H,4H2,(H,10,11). The number of halogens is 2. The second kappa shape index (κ2) is 15.8. The van der Waals surface area contributed by atoms with Crippen LogP contribution >= 0.6 is 23.2 Å². The van der Waals surface area contributed by atoms with Crippen LogP contribution in [0.3, 0.4) is 0 Å². The SMILES string of the molecule is C=Cc1cc(Cl)cc(Cl)c1CNCCCCCCCCCC.O=C(O)C1COc2ncccc21. The Morgan fingerprint density at radius 3 is 2.59 bits per heavy atom. The summed E-state index contributed by atoms with van der Waals surface area (Å²) in [6.07, 6.45) is 14.2. The van der Waals surface area contributed by atoms with E-state index < -0.39 is 11.9 Å². The van der Waals surface area contributed by atoms with Crippen LogP contribution in [0.2, 0.25) is 10.0 Å². The van der Waals surface area contributed by atoms with Crippen LogP contribution in [0.1, 0.15) is 80.9 Å². The zero-order valence-electron chi connectivity index (χ0n) is 20.0. The fourth-order valence-electron chi connectivity index (χ4n) is 3.83. The molecule has 0 spiro atoms. The highest BCUT2D eigenvalue weighted by Crippen LogP contribution is 2.31. The molecule has 7 heteroatoms. The Morgan fingerprint density at radius 1 is 1.21 bits per heavy atom. The Morgan fingerprint density at radius 2 is 1.91 bits per heavy atom. The summed E-state index contributed by atoms with van der Waals surface area (Å²) in [5.41, 5.74) is 2.77. The summed E-state index contributed by atoms with van der Waals surface area (Å²) < 4.78 is 5.08. The Bertz CT molecular complexity index is 921. The van der Waals surface area contributed by atoms with Gasteiger partial charge >= 0.3 is 5.97 Å². The van der Waals surface area contributed by atoms with E-state index in [1.807, 2.05) is 12.1 Å². The van der Waals surface area contributed by atoms with E-state index >= 15 is 0 Å². The van der Waals surface area contributed by atoms with Crippen molar-refractivity contribution in [2.24, 2.45) is 0 Å². The van der Waals surface area contributed by atoms with Gasteiger partial charge in [0.1, 0.15) is 12.5 Å². The van der Waals surface area contributed by atoms with Gasteiger partial charge in [-0.25, -0.2) is 4.98 Å². The predicted molar refractivity (Wildman–Crippen MR) is 141 cm³/mol. The maximum atomic E-state index is 10.7. The zero-order valence-corrected chi connectivity index (χ0v) is 21.5. The monoisotopic (exact) mass is 506 g/mol. The van der Waals surface area contributed by atoms with Crippen molar-refractivity contribution < 1.29 is 14.6 Å². The molecule has 186 valence electrons. The molecule has 2 heterocycles. The van der Waals surface area contributed by atoms with Crippen LogP contribution in [-0.2, 0) is 11.3 Å². The van der Waals surface area contributed by atoms with Crippen molar-refractivity contribution in [3.8, 4) is 5.88 Å². The summed E-state index contributed by atoms with van der Waals surface area (Å²) in [5.74, 6) is -0.958. The predicted octanol–water partition coefficient (Wildman–Crippen LogP) is 7.51. The number of hydrogen-bond donors (Lipinski definition) is 2. The number of benzene rings is 1. The third kappa shape index (κ3) is 9.28. The number of carboxylic acids is 1. The van der Waals surface area contributed by atoms with E-state index in [0.29, 0.717) is 21.5 Å². The summed E-state index contributed by atoms with van der Waals surface area (Å²) >= 11 is 12.3. The first-order valence-corrected chi connectivity index (χ1v) is 12.8. The molecular weight excluding hydrogens is 471 g/mol. The summed E-state index contributed by atoms with van der Waals surface area (Å²) in [6.45, 7) is 8.09. The van der Waals surface area contributed by atoms with Crippen molar-refractivity contribution in [2.75, 3.05) is 13.2 Å². The molecule has 1 aliphatic rings. The lowest BCUT2D eigenvalue weighted by Crippen LogP contribution is -2.15. The van der Waals surface area contributed by atoms with Crippen LogP contribution in [0, 0.1) is 0 Å². The van der Waals surface area contributed by atoms with E-state index in [-0.39, 0.29) is 6.61 Å². The quantitative estimate of drug-likeness (QED) is 0.275. The van der Waals surface area contributed by atoms with Gasteiger partial charge in [0.15, 0.2) is 0 Å². The van der Waals surface area contributed by atoms with Gasteiger partial charge in [-0.1, -0.05) is 93.8 Å². The van der Waals surface area contributed by atoms with Gasteiger partial charge in [-0.05, 0) is 42.3 Å². The van der Waals surface area contributed by atoms with Crippen LogP contribution in [0.25, 0.3) is 6.08 Å². The highest BCUT2D eigenvalue weighted by atomic mass is 35.5. The Hall–Kier alpha value is -2.08. The fourth-order valence-corrected chi connectivity index (χ4v) is 4.41. The Labute approximate surface area is 213 Å². The van der Waals surface area contributed by atoms with Crippen molar-refractivity contribution in [3.05, 3.63) is 63.8 Å². The van der Waals surface area contributed by atoms with Gasteiger partial charge in [0.2, 0.25) is 5.88 Å². The third-order valence-corrected chi connectivity index (χ3v) is 6.34. The summed E-state index contributed by atoms with van der Waals surface area (Å²) in [5, 5.41) is 13.6. The highest BCUT2D eigenvalue weighted by molar-refractivity contribution is 6.35. The average Bonchev–Trinajstić information content (AvgIpc) is 3.26. The van der Waals surface area contributed by atoms with Gasteiger partial charge in [0.25, 0.3) is 0 Å². The lowest BCUT2D eigenvalue weighted by atomic mass is 10.0. The minimum Gasteiger partial charge on any atom is -0.481 e. The molecule has 1 unspecified atom stereocenters. The second-order valence-electron chi connectivity index (χ2n) is 8.41. The second-order valence-corrected chi connectivity index (χ2v) is 9.25. The number of carbonyl (C=O) groups is 1. The van der Waals surface area contributed by atoms with E-state index in [9.17, 15) is 4.79 Å². The molecule has 34 heavy (non-hydrogen) atoms. The first-order chi connectivity index (χ1) is 16.5. The fraction of sp³-hybridized carbons (Fsp3) is 0.481. The van der Waals surface area contributed by atoms with Crippen molar-refractivity contribution >= 4 is 35.2 Å². The average molecular weight is 508 g/mol. The topological polar surface area (TPSA) is 71.5 Å². The van der Waals surface area contributed by atoms with Gasteiger partial charge in [-0.15, -0.1) is 0 Å². The lowest BCUT2D eigenvalue weighted by molar-refractivity contribution is -0.138. The molecule has 5 nitrogen and oxygen atoms in total. The molecule has 0 aliphatic carbocycles. The number of ether oxygens (including phenoxy) is 1. The minimum absolute atomic E-state index is 0.196. The van der Waals surface area contributed by atoms with Gasteiger partial charge in [0.05, 0.1) is 0 Å². The van der Waals surface area contributed by atoms with Crippen LogP contribution in [0.5, 0.6) is 5.88 Å². The summed E-state index contributed by atoms with van der Waals surface area (Å²) in [7, 11) is 0. The lowest BCUT2D eigenvalue weighted by Gasteiger charge is -2.11. The number of pyridine rings is 1. The molecule has 0 fully saturated rings. The van der Waals surface area contributed by atoms with Crippen molar-refractivity contribution in [1.29, 1.82) is 0 Å². The molecule has 1 aromatic carbocycles. The molecule has 2 aromatic rings. The van der Waals surface area contributed by atoms with Crippen molar-refractivity contribution in [3.63, 3.8) is 0 Å². The molecule has 1 aliphatic heterocycles. The normalized spacial score (nSPS) is 14.0. The maximum Gasteiger partial charge on any atom is 0.314 e. The molecule has 3 rings (SSSR count). The molecule has 0 bridgehead atoms. The Balaban J connectivity index is 0.000000283. The van der Waals surface area contributed by atoms with E-state index in [1.165, 1.54) is 51.4 Å². The molecule has 1 atom stereocenters. The zero-order chi connectivity index (χ0) is 24.8. The maximum absolute atomic E-state index is 10.7. The number of nitrogens with one attached hydrogen (secondary N) is 1. The molecule has 0 radical (unpaired) electrons. The molecule has 0 amide bonds. The summed E-state index contributed by atoms with van der Waals surface area (Å²) in [6, 6.07) is 7.15. The number of rotatable bonds is 13. The number of nitrogens with zero attached hydrogens (tertiary/aromatic N) is 1. The smallest absolute Gasteiger partial charge is 0.314 e. The van der Waals surface area contributed by atoms with E-state index in [1.54, 1.807) is 24.4 Å².